The zero-order valence-corrected chi connectivity index (χ0v) is 28.7. The van der Waals surface area contributed by atoms with E-state index >= 15 is 0 Å². The molecule has 0 unspecified atom stereocenters. The van der Waals surface area contributed by atoms with Gasteiger partial charge in [0, 0.05) is 37.4 Å². The van der Waals surface area contributed by atoms with Gasteiger partial charge in [-0.25, -0.2) is 9.97 Å². The predicted octanol–water partition coefficient (Wildman–Crippen LogP) is 13.7. The van der Waals surface area contributed by atoms with Crippen molar-refractivity contribution < 1.29 is 4.42 Å². The lowest BCUT2D eigenvalue weighted by atomic mass is 9.93. The van der Waals surface area contributed by atoms with Crippen LogP contribution >= 0.6 is 11.3 Å². The van der Waals surface area contributed by atoms with Gasteiger partial charge in [-0.05, 0) is 68.1 Å². The summed E-state index contributed by atoms with van der Waals surface area (Å²) in [7, 11) is 0. The van der Waals surface area contributed by atoms with Crippen LogP contribution < -0.4 is 0 Å². The second kappa shape index (κ2) is 11.5. The Morgan fingerprint density at radius 1 is 0.423 bits per heavy atom. The molecule has 0 atom stereocenters. The molecule has 242 valence electrons. The number of hydrogen-bond donors (Lipinski definition) is 0. The van der Waals surface area contributed by atoms with E-state index in [4.69, 9.17) is 14.4 Å². The molecule has 0 radical (unpaired) electrons. The van der Waals surface area contributed by atoms with Crippen LogP contribution in [-0.4, -0.2) is 9.97 Å². The highest BCUT2D eigenvalue weighted by Crippen LogP contribution is 2.47. The Balaban J connectivity index is 1.16. The molecule has 0 aliphatic rings. The van der Waals surface area contributed by atoms with E-state index in [2.05, 4.69) is 170 Å². The number of nitrogens with zero attached hydrogens (tertiary/aromatic N) is 2. The standard InChI is InChI=1S/C48H28N2OS/c1-2-11-31(12-3-1)37-25-26-39(46-43(37)42-36-15-7-6-13-32(36)24-27-40(42)51-46)45-44-38-16-8-9-17-41(38)52-48(44)50-47(49-45)33-21-18-30(19-22-33)35-23-20-29-10-4-5-14-34(29)28-35/h1-28H. The molecule has 0 aliphatic carbocycles. The molecule has 3 nitrogen and oxygen atoms in total. The van der Waals surface area contributed by atoms with Crippen LogP contribution in [0.4, 0.5) is 0 Å². The van der Waals surface area contributed by atoms with Crippen LogP contribution in [0.5, 0.6) is 0 Å². The van der Waals surface area contributed by atoms with Crippen LogP contribution in [0.3, 0.4) is 0 Å². The van der Waals surface area contributed by atoms with Crippen molar-refractivity contribution in [2.24, 2.45) is 0 Å². The third-order valence-electron chi connectivity index (χ3n) is 10.3. The van der Waals surface area contributed by atoms with Crippen LogP contribution in [0.15, 0.2) is 174 Å². The minimum Gasteiger partial charge on any atom is -0.455 e. The van der Waals surface area contributed by atoms with Gasteiger partial charge in [0.2, 0.25) is 0 Å². The number of furan rings is 1. The minimum absolute atomic E-state index is 0.695. The molecule has 11 aromatic rings. The second-order valence-electron chi connectivity index (χ2n) is 13.3. The smallest absolute Gasteiger partial charge is 0.161 e. The molecule has 0 bridgehead atoms. The maximum absolute atomic E-state index is 6.93. The van der Waals surface area contributed by atoms with Gasteiger partial charge >= 0.3 is 0 Å². The Bertz CT molecular complexity index is 3180. The normalized spacial score (nSPS) is 11.8. The molecule has 0 saturated heterocycles. The first-order valence-corrected chi connectivity index (χ1v) is 18.3. The summed E-state index contributed by atoms with van der Waals surface area (Å²) in [5.74, 6) is 0.695. The first-order valence-electron chi connectivity index (χ1n) is 17.5. The number of thiophene rings is 1. The number of aromatic nitrogens is 2. The van der Waals surface area contributed by atoms with Crippen LogP contribution in [0.25, 0.3) is 109 Å². The number of fused-ring (bicyclic) bond motifs is 9. The summed E-state index contributed by atoms with van der Waals surface area (Å²) >= 11 is 1.71. The molecule has 3 heterocycles. The van der Waals surface area contributed by atoms with Crippen LogP contribution in [0.1, 0.15) is 0 Å². The van der Waals surface area contributed by atoms with Crippen LogP contribution in [-0.2, 0) is 0 Å². The summed E-state index contributed by atoms with van der Waals surface area (Å²) < 4.78 is 8.11. The van der Waals surface area contributed by atoms with E-state index in [0.29, 0.717) is 5.82 Å². The monoisotopic (exact) mass is 680 g/mol. The zero-order chi connectivity index (χ0) is 34.2. The average molecular weight is 681 g/mol. The summed E-state index contributed by atoms with van der Waals surface area (Å²) in [5.41, 5.74) is 9.14. The third-order valence-corrected chi connectivity index (χ3v) is 11.4. The Morgan fingerprint density at radius 2 is 1.10 bits per heavy atom. The summed E-state index contributed by atoms with van der Waals surface area (Å²) in [4.78, 5) is 11.6. The van der Waals surface area contributed by atoms with Crippen molar-refractivity contribution >= 4 is 75.1 Å². The summed E-state index contributed by atoms with van der Waals surface area (Å²) in [6.45, 7) is 0. The molecular weight excluding hydrogens is 653 g/mol. The molecule has 4 heteroatoms. The van der Waals surface area contributed by atoms with Gasteiger partial charge in [0.15, 0.2) is 5.82 Å². The lowest BCUT2D eigenvalue weighted by Crippen LogP contribution is -1.94. The van der Waals surface area contributed by atoms with Gasteiger partial charge in [-0.3, -0.25) is 0 Å². The zero-order valence-electron chi connectivity index (χ0n) is 27.9. The highest BCUT2D eigenvalue weighted by molar-refractivity contribution is 7.25. The lowest BCUT2D eigenvalue weighted by molar-refractivity contribution is 0.670. The van der Waals surface area contributed by atoms with Crippen LogP contribution in [0, 0.1) is 0 Å². The molecule has 0 aliphatic heterocycles. The quantitative estimate of drug-likeness (QED) is 0.186. The van der Waals surface area contributed by atoms with Gasteiger partial charge in [0.1, 0.15) is 16.0 Å². The maximum Gasteiger partial charge on any atom is 0.161 e. The van der Waals surface area contributed by atoms with Crippen molar-refractivity contribution in [1.29, 1.82) is 0 Å². The van der Waals surface area contributed by atoms with Gasteiger partial charge in [-0.15, -0.1) is 11.3 Å². The SMILES string of the molecule is c1ccc(-c2ccc(-c3nc(-c4ccc(-c5ccc6ccccc6c5)cc4)nc4sc5ccccc5c34)c3oc4ccc5ccccc5c4c23)cc1. The summed E-state index contributed by atoms with van der Waals surface area (Å²) in [6.07, 6.45) is 0. The summed E-state index contributed by atoms with van der Waals surface area (Å²) in [5, 5.41) is 9.26. The Morgan fingerprint density at radius 3 is 1.96 bits per heavy atom. The average Bonchev–Trinajstić information content (AvgIpc) is 3.80. The predicted molar refractivity (Wildman–Crippen MR) is 219 cm³/mol. The van der Waals surface area contributed by atoms with Crippen molar-refractivity contribution in [3.8, 4) is 44.9 Å². The van der Waals surface area contributed by atoms with E-state index in [0.717, 1.165) is 71.1 Å². The molecule has 0 N–H and O–H groups in total. The van der Waals surface area contributed by atoms with Crippen molar-refractivity contribution in [3.63, 3.8) is 0 Å². The van der Waals surface area contributed by atoms with E-state index < -0.39 is 0 Å². The van der Waals surface area contributed by atoms with Gasteiger partial charge in [-0.2, -0.15) is 0 Å². The van der Waals surface area contributed by atoms with Crippen molar-refractivity contribution in [3.05, 3.63) is 170 Å². The van der Waals surface area contributed by atoms with Gasteiger partial charge < -0.3 is 4.42 Å². The summed E-state index contributed by atoms with van der Waals surface area (Å²) in [6, 6.07) is 60.1. The number of hydrogen-bond acceptors (Lipinski definition) is 4. The first kappa shape index (κ1) is 29.1. The fourth-order valence-electron chi connectivity index (χ4n) is 7.81. The van der Waals surface area contributed by atoms with Gasteiger partial charge in [0.25, 0.3) is 0 Å². The van der Waals surface area contributed by atoms with E-state index in [9.17, 15) is 0 Å². The first-order chi connectivity index (χ1) is 25.8. The molecule has 3 aromatic heterocycles. The minimum atomic E-state index is 0.695. The molecule has 8 aromatic carbocycles. The van der Waals surface area contributed by atoms with Gasteiger partial charge in [-0.1, -0.05) is 146 Å². The molecule has 0 saturated carbocycles. The Labute approximate surface area is 303 Å². The Kier molecular flexibility index (Phi) is 6.42. The molecule has 0 amide bonds. The van der Waals surface area contributed by atoms with Crippen molar-refractivity contribution in [2.45, 2.75) is 0 Å². The van der Waals surface area contributed by atoms with E-state index in [1.807, 2.05) is 0 Å². The molecular formula is C48H28N2OS. The molecule has 52 heavy (non-hydrogen) atoms. The van der Waals surface area contributed by atoms with Crippen molar-refractivity contribution in [2.75, 3.05) is 0 Å². The fraction of sp³-hybridized carbons (Fsp3) is 0. The third kappa shape index (κ3) is 4.51. The van der Waals surface area contributed by atoms with Crippen LogP contribution in [0.2, 0.25) is 0 Å². The van der Waals surface area contributed by atoms with E-state index in [1.54, 1.807) is 11.3 Å². The van der Waals surface area contributed by atoms with Crippen molar-refractivity contribution in [1.82, 2.24) is 9.97 Å². The van der Waals surface area contributed by atoms with E-state index in [1.165, 1.54) is 31.8 Å². The lowest BCUT2D eigenvalue weighted by Gasteiger charge is -2.11. The van der Waals surface area contributed by atoms with E-state index in [-0.39, 0.29) is 0 Å². The maximum atomic E-state index is 6.93. The Hall–Kier alpha value is -6.62. The molecule has 11 rings (SSSR count). The molecule has 0 spiro atoms. The second-order valence-corrected chi connectivity index (χ2v) is 14.3. The molecule has 0 fully saturated rings. The highest BCUT2D eigenvalue weighted by Gasteiger charge is 2.23. The van der Waals surface area contributed by atoms with Gasteiger partial charge in [0.05, 0.1) is 5.69 Å². The number of rotatable bonds is 4. The fourth-order valence-corrected chi connectivity index (χ4v) is 8.89. The largest absolute Gasteiger partial charge is 0.455 e. The number of benzene rings is 8. The highest BCUT2D eigenvalue weighted by atomic mass is 32.1. The topological polar surface area (TPSA) is 38.9 Å².